The molecule has 0 bridgehead atoms. The highest BCUT2D eigenvalue weighted by atomic mass is 32.1. The Balaban J connectivity index is 0.000000428. The quantitative estimate of drug-likeness (QED) is 0.494. The van der Waals surface area contributed by atoms with Crippen LogP contribution in [0.25, 0.3) is 0 Å². The number of hydrogen-bond acceptors (Lipinski definition) is 2. The second-order valence-corrected chi connectivity index (χ2v) is 8.04. The van der Waals surface area contributed by atoms with Gasteiger partial charge in [0, 0.05) is 4.75 Å². The predicted octanol–water partition coefficient (Wildman–Crippen LogP) is 5.62. The summed E-state index contributed by atoms with van der Waals surface area (Å²) in [5, 5.41) is 0. The zero-order valence-corrected chi connectivity index (χ0v) is 15.5. The summed E-state index contributed by atoms with van der Waals surface area (Å²) >= 11 is 4.50. The van der Waals surface area contributed by atoms with Crippen molar-refractivity contribution in [3.05, 3.63) is 11.5 Å². The zero-order valence-electron chi connectivity index (χ0n) is 14.6. The topological polar surface area (TPSA) is 9.23 Å². The van der Waals surface area contributed by atoms with E-state index < -0.39 is 0 Å². The van der Waals surface area contributed by atoms with Crippen molar-refractivity contribution in [3.8, 4) is 0 Å². The minimum Gasteiger partial charge on any atom is -0.429 e. The van der Waals surface area contributed by atoms with Crippen LogP contribution in [0.5, 0.6) is 0 Å². The summed E-state index contributed by atoms with van der Waals surface area (Å²) in [6, 6.07) is 0. The van der Waals surface area contributed by atoms with Gasteiger partial charge in [-0.05, 0) is 40.5 Å². The summed E-state index contributed by atoms with van der Waals surface area (Å²) in [5.74, 6) is 1.13. The van der Waals surface area contributed by atoms with Crippen molar-refractivity contribution in [1.82, 2.24) is 0 Å². The van der Waals surface area contributed by atoms with Crippen LogP contribution in [-0.2, 0) is 4.65 Å². The van der Waals surface area contributed by atoms with Gasteiger partial charge in [0.15, 0.2) is 0 Å². The number of thiol groups is 1. The van der Waals surface area contributed by atoms with E-state index >= 15 is 0 Å². The lowest BCUT2D eigenvalue weighted by Crippen LogP contribution is -2.44. The molecular weight excluding hydrogens is 263 g/mol. The van der Waals surface area contributed by atoms with Gasteiger partial charge >= 0.3 is 7.48 Å². The average Bonchev–Trinajstić information content (AvgIpc) is 2.30. The fourth-order valence-electron chi connectivity index (χ4n) is 1.64. The molecule has 0 aliphatic heterocycles. The first-order chi connectivity index (χ1) is 9.14. The summed E-state index contributed by atoms with van der Waals surface area (Å²) in [4.78, 5) is 0. The zero-order chi connectivity index (χ0) is 15.8. The van der Waals surface area contributed by atoms with Crippen LogP contribution < -0.4 is 0 Å². The first kappa shape index (κ1) is 20.1. The summed E-state index contributed by atoms with van der Waals surface area (Å²) in [6.07, 6.45) is 9.44. The summed E-state index contributed by atoms with van der Waals surface area (Å²) in [6.45, 7) is 14.5. The van der Waals surface area contributed by atoms with Crippen LogP contribution in [-0.4, -0.2) is 17.8 Å². The molecule has 3 heteroatoms. The fourth-order valence-corrected chi connectivity index (χ4v) is 1.69. The number of allylic oxidation sites excluding steroid dienone is 2. The van der Waals surface area contributed by atoms with Gasteiger partial charge in [0.2, 0.25) is 0 Å². The normalized spacial score (nSPS) is 17.1. The highest BCUT2D eigenvalue weighted by molar-refractivity contribution is 7.81. The molecule has 0 atom stereocenters. The predicted molar refractivity (Wildman–Crippen MR) is 95.7 cm³/mol. The first-order valence-electron chi connectivity index (χ1n) is 8.00. The molecule has 0 N–H and O–H groups in total. The van der Waals surface area contributed by atoms with Crippen molar-refractivity contribution >= 4 is 20.1 Å². The van der Waals surface area contributed by atoms with E-state index in [4.69, 9.17) is 4.65 Å². The molecule has 1 aliphatic carbocycles. The van der Waals surface area contributed by atoms with Gasteiger partial charge in [0.25, 0.3) is 0 Å². The molecule has 1 saturated carbocycles. The Morgan fingerprint density at radius 1 is 1.30 bits per heavy atom. The molecule has 1 rings (SSSR count). The van der Waals surface area contributed by atoms with E-state index in [1.54, 1.807) is 7.48 Å². The van der Waals surface area contributed by atoms with E-state index in [0.29, 0.717) is 0 Å². The second-order valence-electron chi connectivity index (χ2n) is 6.92. The third-order valence-electron chi connectivity index (χ3n) is 4.39. The molecule has 0 aromatic rings. The van der Waals surface area contributed by atoms with Crippen LogP contribution in [0.2, 0.25) is 0 Å². The van der Waals surface area contributed by atoms with Crippen molar-refractivity contribution in [2.24, 2.45) is 5.92 Å². The average molecular weight is 297 g/mol. The molecular formula is C17H34BOS. The molecule has 1 radical (unpaired) electrons. The molecule has 0 heterocycles. The lowest BCUT2D eigenvalue weighted by molar-refractivity contribution is 0.0844. The van der Waals surface area contributed by atoms with E-state index in [0.717, 1.165) is 11.4 Å². The van der Waals surface area contributed by atoms with Gasteiger partial charge in [-0.3, -0.25) is 0 Å². The molecule has 0 spiro atoms. The van der Waals surface area contributed by atoms with Crippen LogP contribution in [0.4, 0.5) is 0 Å². The minimum atomic E-state index is -0.264. The van der Waals surface area contributed by atoms with Crippen molar-refractivity contribution in [2.45, 2.75) is 90.9 Å². The van der Waals surface area contributed by atoms with Crippen LogP contribution >= 0.6 is 12.6 Å². The maximum absolute atomic E-state index is 5.68. The van der Waals surface area contributed by atoms with E-state index in [2.05, 4.69) is 33.4 Å². The SMILES string of the molecule is C/C=C(\C)[B]OC(C)(C)C(C)(C)S.CCCC1CCC1. The molecule has 1 fully saturated rings. The standard InChI is InChI=1S/C10H20BOS.C7H14/c1-7-8(2)11-12-9(3,4)10(5,6)13;1-2-4-7-5-3-6-7/h7,13H,1-6H3;7H,2-6H2,1H3/b8-7+;. The summed E-state index contributed by atoms with van der Waals surface area (Å²) in [5.41, 5.74) is 0.867. The summed E-state index contributed by atoms with van der Waals surface area (Å²) in [7, 11) is 1.79. The maximum atomic E-state index is 5.68. The van der Waals surface area contributed by atoms with Gasteiger partial charge in [0.05, 0.1) is 5.60 Å². The number of rotatable bonds is 6. The molecule has 0 aromatic carbocycles. The Bertz CT molecular complexity index is 288. The second kappa shape index (κ2) is 9.20. The Morgan fingerprint density at radius 2 is 1.85 bits per heavy atom. The lowest BCUT2D eigenvalue weighted by atomic mass is 9.82. The monoisotopic (exact) mass is 297 g/mol. The van der Waals surface area contributed by atoms with Gasteiger partial charge in [-0.15, -0.1) is 0 Å². The van der Waals surface area contributed by atoms with Gasteiger partial charge in [-0.25, -0.2) is 0 Å². The van der Waals surface area contributed by atoms with Gasteiger partial charge in [-0.1, -0.05) is 57.5 Å². The first-order valence-corrected chi connectivity index (χ1v) is 8.45. The van der Waals surface area contributed by atoms with E-state index in [-0.39, 0.29) is 10.3 Å². The lowest BCUT2D eigenvalue weighted by Gasteiger charge is -2.38. The van der Waals surface area contributed by atoms with Crippen molar-refractivity contribution in [3.63, 3.8) is 0 Å². The molecule has 20 heavy (non-hydrogen) atoms. The molecule has 0 aromatic heterocycles. The Kier molecular flexibility index (Phi) is 9.25. The third-order valence-corrected chi connectivity index (χ3v) is 4.93. The molecule has 0 unspecified atom stereocenters. The number of hydrogen-bond donors (Lipinski definition) is 1. The highest BCUT2D eigenvalue weighted by Gasteiger charge is 2.34. The van der Waals surface area contributed by atoms with E-state index in [1.165, 1.54) is 32.1 Å². The largest absolute Gasteiger partial charge is 0.429 e. The molecule has 1 aliphatic rings. The van der Waals surface area contributed by atoms with Gasteiger partial charge < -0.3 is 4.65 Å². The van der Waals surface area contributed by atoms with Crippen LogP contribution in [0.1, 0.15) is 80.6 Å². The van der Waals surface area contributed by atoms with Gasteiger partial charge in [0.1, 0.15) is 0 Å². The minimum absolute atomic E-state index is 0.155. The van der Waals surface area contributed by atoms with Crippen LogP contribution in [0, 0.1) is 5.92 Å². The van der Waals surface area contributed by atoms with E-state index in [9.17, 15) is 0 Å². The molecule has 1 nitrogen and oxygen atoms in total. The maximum Gasteiger partial charge on any atom is 0.325 e. The van der Waals surface area contributed by atoms with Crippen molar-refractivity contribution in [2.75, 3.05) is 0 Å². The Morgan fingerprint density at radius 3 is 2.10 bits per heavy atom. The third kappa shape index (κ3) is 7.78. The van der Waals surface area contributed by atoms with Gasteiger partial charge in [-0.2, -0.15) is 12.6 Å². The van der Waals surface area contributed by atoms with E-state index in [1.807, 2.05) is 33.8 Å². The molecule has 117 valence electrons. The van der Waals surface area contributed by atoms with Crippen molar-refractivity contribution < 1.29 is 4.65 Å². The van der Waals surface area contributed by atoms with Crippen molar-refractivity contribution in [1.29, 1.82) is 0 Å². The molecule has 0 amide bonds. The molecule has 0 saturated heterocycles. The highest BCUT2D eigenvalue weighted by Crippen LogP contribution is 2.31. The fraction of sp³-hybridized carbons (Fsp3) is 0.882. The van der Waals surface area contributed by atoms with Crippen LogP contribution in [0.3, 0.4) is 0 Å². The van der Waals surface area contributed by atoms with Crippen LogP contribution in [0.15, 0.2) is 11.5 Å². The Labute approximate surface area is 133 Å². The summed E-state index contributed by atoms with van der Waals surface area (Å²) < 4.78 is 5.52. The smallest absolute Gasteiger partial charge is 0.325 e. The Hall–Kier alpha value is 0.115.